The van der Waals surface area contributed by atoms with E-state index in [1.165, 1.54) is 4.90 Å². The van der Waals surface area contributed by atoms with Crippen LogP contribution in [0.3, 0.4) is 0 Å². The van der Waals surface area contributed by atoms with Crippen LogP contribution in [0.5, 0.6) is 5.75 Å². The molecule has 3 saturated heterocycles. The molecule has 3 aromatic carbocycles. The summed E-state index contributed by atoms with van der Waals surface area (Å²) in [5, 5.41) is 16.7. The molecule has 43 heavy (non-hydrogen) atoms. The van der Waals surface area contributed by atoms with Gasteiger partial charge in [-0.05, 0) is 54.7 Å². The molecule has 9 nitrogen and oxygen atoms in total. The standard InChI is InChI=1S/C34H37N3O6/c1-21-18-34-28(27(33(21,2)43-34)30(39)35-19-22-10-6-4-7-11-22)32(41)37(26(20-38)23-12-8-5-9-13-23)29(34)31(40)36-24-14-16-25(42-3)17-15-24/h4-17,21,26-29,38H,18-20H2,1-3H3,(H,35,39)(H,36,40)/t21?,26-,27+,28+,29?,33-,34?/m1/s1. The second-order valence-corrected chi connectivity index (χ2v) is 12.0. The van der Waals surface area contributed by atoms with Gasteiger partial charge in [-0.3, -0.25) is 14.4 Å². The topological polar surface area (TPSA) is 117 Å². The van der Waals surface area contributed by atoms with E-state index in [-0.39, 0.29) is 17.7 Å². The number of aliphatic hydroxyl groups is 1. The Morgan fingerprint density at radius 3 is 2.30 bits per heavy atom. The van der Waals surface area contributed by atoms with Crippen molar-refractivity contribution in [1.29, 1.82) is 0 Å². The molecule has 9 heteroatoms. The van der Waals surface area contributed by atoms with Gasteiger partial charge in [-0.2, -0.15) is 0 Å². The van der Waals surface area contributed by atoms with E-state index in [1.807, 2.05) is 74.5 Å². The molecule has 0 radical (unpaired) electrons. The number of carbonyl (C=O) groups is 3. The Bertz CT molecular complexity index is 1500. The number of benzene rings is 3. The molecule has 3 aromatic rings. The number of hydrogen-bond acceptors (Lipinski definition) is 6. The van der Waals surface area contributed by atoms with Gasteiger partial charge >= 0.3 is 0 Å². The molecule has 3 amide bonds. The number of methoxy groups -OCH3 is 1. The third-order valence-corrected chi connectivity index (χ3v) is 9.64. The van der Waals surface area contributed by atoms with E-state index in [4.69, 9.17) is 9.47 Å². The fourth-order valence-corrected chi connectivity index (χ4v) is 7.52. The van der Waals surface area contributed by atoms with Gasteiger partial charge in [0.1, 0.15) is 17.4 Å². The first-order valence-electron chi connectivity index (χ1n) is 14.7. The van der Waals surface area contributed by atoms with E-state index in [9.17, 15) is 19.5 Å². The minimum absolute atomic E-state index is 0.107. The van der Waals surface area contributed by atoms with Gasteiger partial charge in [0.15, 0.2) is 0 Å². The number of ether oxygens (including phenoxy) is 2. The summed E-state index contributed by atoms with van der Waals surface area (Å²) in [5.74, 6) is -2.26. The van der Waals surface area contributed by atoms with E-state index in [1.54, 1.807) is 31.4 Å². The Morgan fingerprint density at radius 2 is 1.67 bits per heavy atom. The molecule has 1 spiro atoms. The lowest BCUT2D eigenvalue weighted by Gasteiger charge is -2.37. The lowest BCUT2D eigenvalue weighted by Crippen LogP contribution is -2.55. The van der Waals surface area contributed by atoms with Crippen molar-refractivity contribution in [2.24, 2.45) is 17.8 Å². The van der Waals surface area contributed by atoms with Gasteiger partial charge in [-0.15, -0.1) is 0 Å². The number of carbonyl (C=O) groups excluding carboxylic acids is 3. The number of nitrogens with one attached hydrogen (secondary N) is 2. The summed E-state index contributed by atoms with van der Waals surface area (Å²) >= 11 is 0. The molecule has 6 rings (SSSR count). The molecule has 2 bridgehead atoms. The number of aliphatic hydroxyl groups excluding tert-OH is 1. The van der Waals surface area contributed by atoms with Gasteiger partial charge in [0.05, 0.1) is 37.2 Å². The van der Waals surface area contributed by atoms with Crippen molar-refractivity contribution in [3.05, 3.63) is 96.1 Å². The number of hydrogen-bond donors (Lipinski definition) is 3. The molecule has 0 aliphatic carbocycles. The van der Waals surface area contributed by atoms with Crippen LogP contribution in [0.1, 0.15) is 37.4 Å². The molecular weight excluding hydrogens is 546 g/mol. The SMILES string of the molecule is COc1ccc(NC(=O)C2N([C@H](CO)c3ccccc3)C(=O)[C@@H]3[C@@H](C(=O)NCc4ccccc4)[C@]4(C)OC23CC4C)cc1. The largest absolute Gasteiger partial charge is 0.497 e. The highest BCUT2D eigenvalue weighted by Crippen LogP contribution is 2.66. The second kappa shape index (κ2) is 11.1. The zero-order valence-corrected chi connectivity index (χ0v) is 24.5. The van der Waals surface area contributed by atoms with Crippen LogP contribution in [0.2, 0.25) is 0 Å². The third kappa shape index (κ3) is 4.67. The van der Waals surface area contributed by atoms with Crippen molar-refractivity contribution in [3.8, 4) is 5.75 Å². The first-order valence-corrected chi connectivity index (χ1v) is 14.7. The van der Waals surface area contributed by atoms with Crippen LogP contribution in [0.4, 0.5) is 5.69 Å². The van der Waals surface area contributed by atoms with Crippen LogP contribution in [0, 0.1) is 17.8 Å². The summed E-state index contributed by atoms with van der Waals surface area (Å²) in [6.07, 6.45) is 0.423. The molecule has 3 aliphatic heterocycles. The molecule has 0 saturated carbocycles. The maximum absolute atomic E-state index is 14.6. The van der Waals surface area contributed by atoms with Gasteiger partial charge < -0.3 is 30.1 Å². The van der Waals surface area contributed by atoms with Crippen molar-refractivity contribution < 1.29 is 29.0 Å². The molecular formula is C34H37N3O6. The maximum Gasteiger partial charge on any atom is 0.250 e. The van der Waals surface area contributed by atoms with Gasteiger partial charge in [-0.25, -0.2) is 0 Å². The van der Waals surface area contributed by atoms with Crippen molar-refractivity contribution >= 4 is 23.4 Å². The summed E-state index contributed by atoms with van der Waals surface area (Å²) in [5.41, 5.74) is -0.0435. The molecule has 3 aliphatic rings. The minimum atomic E-state index is -1.25. The van der Waals surface area contributed by atoms with E-state index < -0.39 is 47.6 Å². The Labute approximate surface area is 251 Å². The molecule has 3 N–H and O–H groups in total. The van der Waals surface area contributed by atoms with Gasteiger partial charge in [0, 0.05) is 12.2 Å². The fourth-order valence-electron chi connectivity index (χ4n) is 7.52. The molecule has 224 valence electrons. The lowest BCUT2D eigenvalue weighted by atomic mass is 9.62. The minimum Gasteiger partial charge on any atom is -0.497 e. The molecule has 3 fully saturated rings. The third-order valence-electron chi connectivity index (χ3n) is 9.64. The van der Waals surface area contributed by atoms with Gasteiger partial charge in [0.2, 0.25) is 17.7 Å². The van der Waals surface area contributed by atoms with Gasteiger partial charge in [-0.1, -0.05) is 67.6 Å². The smallest absolute Gasteiger partial charge is 0.250 e. The Balaban J connectivity index is 1.40. The first-order chi connectivity index (χ1) is 20.7. The van der Waals surface area contributed by atoms with E-state index in [0.717, 1.165) is 5.56 Å². The Hall–Kier alpha value is -4.21. The monoisotopic (exact) mass is 583 g/mol. The second-order valence-electron chi connectivity index (χ2n) is 12.0. The zero-order chi connectivity index (χ0) is 30.4. The van der Waals surface area contributed by atoms with Crippen molar-refractivity contribution in [1.82, 2.24) is 10.2 Å². The predicted octanol–water partition coefficient (Wildman–Crippen LogP) is 3.69. The number of rotatable bonds is 9. The fraction of sp³-hybridized carbons (Fsp3) is 0.382. The number of nitrogens with zero attached hydrogens (tertiary/aromatic N) is 1. The number of amides is 3. The summed E-state index contributed by atoms with van der Waals surface area (Å²) in [4.78, 5) is 44.3. The van der Waals surface area contributed by atoms with Crippen LogP contribution < -0.4 is 15.4 Å². The van der Waals surface area contributed by atoms with E-state index in [0.29, 0.717) is 30.0 Å². The molecule has 7 atom stereocenters. The van der Waals surface area contributed by atoms with Crippen LogP contribution in [-0.4, -0.2) is 58.7 Å². The summed E-state index contributed by atoms with van der Waals surface area (Å²) in [7, 11) is 1.57. The Morgan fingerprint density at radius 1 is 1.02 bits per heavy atom. The van der Waals surface area contributed by atoms with Crippen molar-refractivity contribution in [2.45, 2.75) is 50.1 Å². The number of fused-ring (bicyclic) bond motifs is 1. The highest BCUT2D eigenvalue weighted by Gasteiger charge is 2.80. The summed E-state index contributed by atoms with van der Waals surface area (Å²) in [6.45, 7) is 3.80. The summed E-state index contributed by atoms with van der Waals surface area (Å²) < 4.78 is 12.1. The zero-order valence-electron chi connectivity index (χ0n) is 24.5. The van der Waals surface area contributed by atoms with E-state index >= 15 is 0 Å². The van der Waals surface area contributed by atoms with Crippen LogP contribution in [-0.2, 0) is 25.7 Å². The number of anilines is 1. The molecule has 0 aromatic heterocycles. The van der Waals surface area contributed by atoms with Crippen LogP contribution in [0.25, 0.3) is 0 Å². The summed E-state index contributed by atoms with van der Waals surface area (Å²) in [6, 6.07) is 23.8. The Kier molecular flexibility index (Phi) is 7.48. The molecule has 3 heterocycles. The normalized spacial score (nSPS) is 29.7. The highest BCUT2D eigenvalue weighted by molar-refractivity contribution is 6.04. The van der Waals surface area contributed by atoms with Crippen LogP contribution >= 0.6 is 0 Å². The quantitative estimate of drug-likeness (QED) is 0.354. The lowest BCUT2D eigenvalue weighted by molar-refractivity contribution is -0.149. The average Bonchev–Trinajstić information content (AvgIpc) is 3.54. The van der Waals surface area contributed by atoms with Crippen molar-refractivity contribution in [2.75, 3.05) is 19.0 Å². The van der Waals surface area contributed by atoms with Crippen LogP contribution in [0.15, 0.2) is 84.9 Å². The van der Waals surface area contributed by atoms with E-state index in [2.05, 4.69) is 10.6 Å². The van der Waals surface area contributed by atoms with Gasteiger partial charge in [0.25, 0.3) is 0 Å². The molecule has 3 unspecified atom stereocenters. The highest BCUT2D eigenvalue weighted by atomic mass is 16.5. The number of likely N-dealkylation sites (tertiary alicyclic amines) is 1. The predicted molar refractivity (Wildman–Crippen MR) is 160 cm³/mol. The first kappa shape index (κ1) is 28.9. The average molecular weight is 584 g/mol. The maximum atomic E-state index is 14.6. The van der Waals surface area contributed by atoms with Crippen molar-refractivity contribution in [3.63, 3.8) is 0 Å².